The van der Waals surface area contributed by atoms with E-state index in [-0.39, 0.29) is 0 Å². The molecule has 5 heteroatoms. The van der Waals surface area contributed by atoms with E-state index >= 15 is 0 Å². The van der Waals surface area contributed by atoms with E-state index in [1.54, 1.807) is 6.07 Å². The summed E-state index contributed by atoms with van der Waals surface area (Å²) in [6.45, 7) is 0. The summed E-state index contributed by atoms with van der Waals surface area (Å²) in [7, 11) is 0. The van der Waals surface area contributed by atoms with Gasteiger partial charge in [-0.2, -0.15) is 0 Å². The fourth-order valence-corrected chi connectivity index (χ4v) is 2.65. The molecule has 0 fully saturated rings. The molecule has 0 atom stereocenters. The first-order chi connectivity index (χ1) is 10.7. The van der Waals surface area contributed by atoms with Gasteiger partial charge < -0.3 is 5.21 Å². The van der Waals surface area contributed by atoms with E-state index in [4.69, 9.17) is 5.14 Å². The van der Waals surface area contributed by atoms with Crippen molar-refractivity contribution >= 4 is 11.9 Å². The Morgan fingerprint density at radius 2 is 1.59 bits per heavy atom. The molecule has 1 heterocycles. The van der Waals surface area contributed by atoms with Crippen LogP contribution < -0.4 is 10.7 Å². The Kier molecular flexibility index (Phi) is 4.00. The van der Waals surface area contributed by atoms with Crippen molar-refractivity contribution in [1.29, 1.82) is 0 Å². The number of rotatable bonds is 3. The highest BCUT2D eigenvalue weighted by Gasteiger charge is 2.10. The molecule has 0 saturated carbocycles. The predicted molar refractivity (Wildman–Crippen MR) is 88.8 cm³/mol. The molecule has 0 radical (unpaired) electrons. The predicted octanol–water partition coefficient (Wildman–Crippen LogP) is 3.39. The third kappa shape index (κ3) is 2.77. The van der Waals surface area contributed by atoms with Crippen LogP contribution in [0.5, 0.6) is 0 Å². The number of hydrogen-bond donors (Lipinski definition) is 2. The summed E-state index contributed by atoms with van der Waals surface area (Å²) in [5, 5.41) is 15.6. The summed E-state index contributed by atoms with van der Waals surface area (Å²) in [4.78, 5) is 12.9. The second-order valence-corrected chi connectivity index (χ2v) is 5.50. The number of aromatic nitrogens is 1. The Balaban J connectivity index is 2.19. The fraction of sp³-hybridized carbons (Fsp3) is 0. The maximum Gasteiger partial charge on any atom is 0.283 e. The second kappa shape index (κ2) is 6.09. The Labute approximate surface area is 131 Å². The zero-order valence-electron chi connectivity index (χ0n) is 11.6. The molecule has 22 heavy (non-hydrogen) atoms. The van der Waals surface area contributed by atoms with Gasteiger partial charge in [-0.3, -0.25) is 9.93 Å². The zero-order valence-corrected chi connectivity index (χ0v) is 12.5. The van der Waals surface area contributed by atoms with E-state index in [0.29, 0.717) is 10.4 Å². The maximum atomic E-state index is 12.0. The lowest BCUT2D eigenvalue weighted by Gasteiger charge is -2.10. The molecule has 3 rings (SSSR count). The molecule has 1 aromatic heterocycles. The lowest BCUT2D eigenvalue weighted by Crippen LogP contribution is -2.18. The number of benzene rings is 2. The van der Waals surface area contributed by atoms with Gasteiger partial charge in [-0.25, -0.2) is 0 Å². The second-order valence-electron chi connectivity index (χ2n) is 4.79. The molecule has 0 amide bonds. The maximum absolute atomic E-state index is 12.0. The summed E-state index contributed by atoms with van der Waals surface area (Å²) < 4.78 is 0.659. The molecule has 2 aromatic carbocycles. The lowest BCUT2D eigenvalue weighted by molar-refractivity contribution is 0.180. The van der Waals surface area contributed by atoms with Gasteiger partial charge in [0.05, 0.1) is 5.69 Å². The highest BCUT2D eigenvalue weighted by molar-refractivity contribution is 7.97. The molecule has 0 bridgehead atoms. The smallest absolute Gasteiger partial charge is 0.283 e. The third-order valence-electron chi connectivity index (χ3n) is 3.38. The van der Waals surface area contributed by atoms with Crippen LogP contribution in [-0.4, -0.2) is 9.94 Å². The standard InChI is InChI=1S/C17H14N2O2S/c18-22-15-8-4-7-13(9-15)16-10-14(11-17(20)19(16)21)12-5-2-1-3-6-12/h1-11,21H,18H2. The molecule has 0 spiro atoms. The minimum atomic E-state index is -0.470. The molecule has 3 N–H and O–H groups in total. The normalized spacial score (nSPS) is 10.6. The van der Waals surface area contributed by atoms with Crippen LogP contribution in [-0.2, 0) is 0 Å². The average Bonchev–Trinajstić information content (AvgIpc) is 2.58. The number of hydrogen-bond acceptors (Lipinski definition) is 4. The van der Waals surface area contributed by atoms with Crippen molar-refractivity contribution in [2.24, 2.45) is 5.14 Å². The third-order valence-corrected chi connectivity index (χ3v) is 3.91. The van der Waals surface area contributed by atoms with Crippen LogP contribution in [0.2, 0.25) is 0 Å². The van der Waals surface area contributed by atoms with Gasteiger partial charge in [-0.05, 0) is 41.3 Å². The average molecular weight is 310 g/mol. The SMILES string of the molecule is NSc1cccc(-c2cc(-c3ccccc3)cc(=O)n2O)c1. The first kappa shape index (κ1) is 14.4. The van der Waals surface area contributed by atoms with E-state index < -0.39 is 5.56 Å². The summed E-state index contributed by atoms with van der Waals surface area (Å²) in [5.41, 5.74) is 2.37. The van der Waals surface area contributed by atoms with E-state index in [0.717, 1.165) is 33.5 Å². The molecule has 0 saturated heterocycles. The van der Waals surface area contributed by atoms with Gasteiger partial charge in [0, 0.05) is 16.5 Å². The first-order valence-electron chi connectivity index (χ1n) is 6.68. The summed E-state index contributed by atoms with van der Waals surface area (Å²) in [5.74, 6) is 0. The monoisotopic (exact) mass is 310 g/mol. The molecule has 3 aromatic rings. The molecule has 110 valence electrons. The van der Waals surface area contributed by atoms with Gasteiger partial charge in [0.2, 0.25) is 0 Å². The molecular weight excluding hydrogens is 296 g/mol. The van der Waals surface area contributed by atoms with Crippen LogP contribution >= 0.6 is 11.9 Å². The van der Waals surface area contributed by atoms with E-state index in [1.165, 1.54) is 6.07 Å². The number of nitrogens with two attached hydrogens (primary N) is 1. The van der Waals surface area contributed by atoms with Crippen molar-refractivity contribution in [3.63, 3.8) is 0 Å². The molecule has 4 nitrogen and oxygen atoms in total. The molecule has 0 aliphatic rings. The Bertz CT molecular complexity index is 860. The largest absolute Gasteiger partial charge is 0.425 e. The molecule has 0 aliphatic carbocycles. The summed E-state index contributed by atoms with van der Waals surface area (Å²) in [6, 6.07) is 20.2. The van der Waals surface area contributed by atoms with E-state index in [1.807, 2.05) is 54.6 Å². The van der Waals surface area contributed by atoms with Crippen LogP contribution in [0.4, 0.5) is 0 Å². The van der Waals surface area contributed by atoms with E-state index in [2.05, 4.69) is 0 Å². The van der Waals surface area contributed by atoms with Gasteiger partial charge in [0.25, 0.3) is 5.56 Å². The van der Waals surface area contributed by atoms with Crippen molar-refractivity contribution < 1.29 is 5.21 Å². The first-order valence-corrected chi connectivity index (χ1v) is 7.56. The van der Waals surface area contributed by atoms with Crippen molar-refractivity contribution in [2.75, 3.05) is 0 Å². The van der Waals surface area contributed by atoms with E-state index in [9.17, 15) is 10.0 Å². The van der Waals surface area contributed by atoms with Gasteiger partial charge in [0.1, 0.15) is 0 Å². The van der Waals surface area contributed by atoms with Gasteiger partial charge >= 0.3 is 0 Å². The minimum Gasteiger partial charge on any atom is -0.425 e. The Hall–Kier alpha value is -2.50. The highest BCUT2D eigenvalue weighted by Crippen LogP contribution is 2.26. The summed E-state index contributed by atoms with van der Waals surface area (Å²) >= 11 is 1.12. The number of pyridine rings is 1. The highest BCUT2D eigenvalue weighted by atomic mass is 32.2. The summed E-state index contributed by atoms with van der Waals surface area (Å²) in [6.07, 6.45) is 0. The van der Waals surface area contributed by atoms with Crippen LogP contribution in [0, 0.1) is 0 Å². The molecule has 0 unspecified atom stereocenters. The number of nitrogens with zero attached hydrogens (tertiary/aromatic N) is 1. The van der Waals surface area contributed by atoms with Crippen LogP contribution in [0.3, 0.4) is 0 Å². The Morgan fingerprint density at radius 3 is 2.32 bits per heavy atom. The zero-order chi connectivity index (χ0) is 15.5. The minimum absolute atomic E-state index is 0.433. The van der Waals surface area contributed by atoms with Crippen LogP contribution in [0.15, 0.2) is 76.4 Å². The Morgan fingerprint density at radius 1 is 0.864 bits per heavy atom. The molecule has 0 aliphatic heterocycles. The van der Waals surface area contributed by atoms with Gasteiger partial charge in [0.15, 0.2) is 0 Å². The van der Waals surface area contributed by atoms with Crippen molar-refractivity contribution in [3.8, 4) is 22.4 Å². The van der Waals surface area contributed by atoms with Crippen LogP contribution in [0.25, 0.3) is 22.4 Å². The van der Waals surface area contributed by atoms with Crippen LogP contribution in [0.1, 0.15) is 0 Å². The topological polar surface area (TPSA) is 68.2 Å². The van der Waals surface area contributed by atoms with Gasteiger partial charge in [-0.1, -0.05) is 42.5 Å². The lowest BCUT2D eigenvalue weighted by atomic mass is 10.0. The molecular formula is C17H14N2O2S. The van der Waals surface area contributed by atoms with Crippen molar-refractivity contribution in [2.45, 2.75) is 4.90 Å². The van der Waals surface area contributed by atoms with Crippen molar-refractivity contribution in [1.82, 2.24) is 4.73 Å². The quantitative estimate of drug-likeness (QED) is 0.575. The van der Waals surface area contributed by atoms with Crippen molar-refractivity contribution in [3.05, 3.63) is 77.1 Å². The fourth-order valence-electron chi connectivity index (χ4n) is 2.29. The van der Waals surface area contributed by atoms with Gasteiger partial charge in [-0.15, -0.1) is 4.73 Å².